The molecule has 0 saturated heterocycles. The number of rotatable bonds is 4. The van der Waals surface area contributed by atoms with E-state index in [-0.39, 0.29) is 18.2 Å². The van der Waals surface area contributed by atoms with Crippen molar-refractivity contribution in [2.24, 2.45) is 0 Å². The lowest BCUT2D eigenvalue weighted by atomic mass is 10.2. The molecule has 0 bridgehead atoms. The fraction of sp³-hybridized carbons (Fsp3) is 0.143. The molecule has 1 amide bonds. The molecule has 0 unspecified atom stereocenters. The summed E-state index contributed by atoms with van der Waals surface area (Å²) in [6, 6.07) is 9.24. The molecule has 22 heavy (non-hydrogen) atoms. The van der Waals surface area contributed by atoms with Gasteiger partial charge >= 0.3 is 12.1 Å². The number of ether oxygens (including phenoxy) is 2. The van der Waals surface area contributed by atoms with E-state index in [1.165, 1.54) is 13.3 Å². The highest BCUT2D eigenvalue weighted by atomic mass is 79.9. The van der Waals surface area contributed by atoms with E-state index in [0.717, 1.165) is 5.56 Å². The van der Waals surface area contributed by atoms with Crippen LogP contribution in [0.15, 0.2) is 41.0 Å². The van der Waals surface area contributed by atoms with Gasteiger partial charge in [-0.3, -0.25) is 5.32 Å². The van der Waals surface area contributed by atoms with Crippen LogP contribution in [0.5, 0.6) is 0 Å². The standard InChI is InChI=1S/C14H12BrN3O4/c1-21-13(19)12-16-7-10(15)11(17-12)18-14(20)22-8-9-5-3-2-4-6-9/h2-7H,8H2,1H3,(H,16,17,18,20). The van der Waals surface area contributed by atoms with Gasteiger partial charge in [0.25, 0.3) is 0 Å². The number of hydrogen-bond donors (Lipinski definition) is 1. The van der Waals surface area contributed by atoms with Crippen molar-refractivity contribution in [3.8, 4) is 0 Å². The molecule has 114 valence electrons. The summed E-state index contributed by atoms with van der Waals surface area (Å²) in [7, 11) is 1.22. The second kappa shape index (κ2) is 7.51. The molecule has 0 spiro atoms. The quantitative estimate of drug-likeness (QED) is 0.837. The molecule has 0 radical (unpaired) electrons. The summed E-state index contributed by atoms with van der Waals surface area (Å²) in [5.74, 6) is -0.745. The van der Waals surface area contributed by atoms with Gasteiger partial charge in [0.1, 0.15) is 6.61 Å². The number of benzene rings is 1. The normalized spacial score (nSPS) is 9.91. The summed E-state index contributed by atoms with van der Waals surface area (Å²) in [5.41, 5.74) is 0.856. The third-order valence-corrected chi connectivity index (χ3v) is 3.13. The minimum Gasteiger partial charge on any atom is -0.463 e. The second-order valence-corrected chi connectivity index (χ2v) is 4.92. The molecule has 2 rings (SSSR count). The van der Waals surface area contributed by atoms with E-state index in [9.17, 15) is 9.59 Å². The second-order valence-electron chi connectivity index (χ2n) is 4.07. The first-order valence-electron chi connectivity index (χ1n) is 6.18. The number of hydrogen-bond acceptors (Lipinski definition) is 6. The van der Waals surface area contributed by atoms with Gasteiger partial charge in [-0.15, -0.1) is 0 Å². The highest BCUT2D eigenvalue weighted by molar-refractivity contribution is 9.10. The summed E-state index contributed by atoms with van der Waals surface area (Å²) in [6.45, 7) is 0.124. The zero-order chi connectivity index (χ0) is 15.9. The van der Waals surface area contributed by atoms with Crippen LogP contribution in [0.3, 0.4) is 0 Å². The van der Waals surface area contributed by atoms with Crippen molar-refractivity contribution < 1.29 is 19.1 Å². The molecule has 0 aliphatic carbocycles. The molecule has 7 nitrogen and oxygen atoms in total. The summed E-state index contributed by atoms with van der Waals surface area (Å²) in [5, 5.41) is 2.43. The summed E-state index contributed by atoms with van der Waals surface area (Å²) in [6.07, 6.45) is 0.644. The number of nitrogens with one attached hydrogen (secondary N) is 1. The van der Waals surface area contributed by atoms with E-state index in [1.807, 2.05) is 30.3 Å². The number of carbonyl (C=O) groups excluding carboxylic acids is 2. The number of esters is 1. The molecule has 8 heteroatoms. The average Bonchev–Trinajstić information content (AvgIpc) is 2.55. The lowest BCUT2D eigenvalue weighted by Crippen LogP contribution is -2.17. The molecule has 1 aromatic carbocycles. The van der Waals surface area contributed by atoms with Crippen molar-refractivity contribution in [2.45, 2.75) is 6.61 Å². The first kappa shape index (κ1) is 15.9. The Morgan fingerprint density at radius 3 is 2.68 bits per heavy atom. The molecule has 0 fully saturated rings. The SMILES string of the molecule is COC(=O)c1ncc(Br)c(NC(=O)OCc2ccccc2)n1. The van der Waals surface area contributed by atoms with E-state index < -0.39 is 12.1 Å². The number of nitrogens with zero attached hydrogens (tertiary/aromatic N) is 2. The molecule has 0 aliphatic rings. The van der Waals surface area contributed by atoms with Crippen molar-refractivity contribution in [3.05, 3.63) is 52.4 Å². The first-order valence-corrected chi connectivity index (χ1v) is 6.98. The fourth-order valence-electron chi connectivity index (χ4n) is 1.50. The molecule has 0 saturated carbocycles. The summed E-state index contributed by atoms with van der Waals surface area (Å²) in [4.78, 5) is 30.8. The van der Waals surface area contributed by atoms with Gasteiger partial charge in [0, 0.05) is 6.20 Å². The van der Waals surface area contributed by atoms with Crippen LogP contribution in [0.1, 0.15) is 16.2 Å². The van der Waals surface area contributed by atoms with Crippen LogP contribution in [0, 0.1) is 0 Å². The zero-order valence-corrected chi connectivity index (χ0v) is 13.2. The molecule has 0 atom stereocenters. The Labute approximate surface area is 134 Å². The maximum atomic E-state index is 11.8. The zero-order valence-electron chi connectivity index (χ0n) is 11.6. The lowest BCUT2D eigenvalue weighted by Gasteiger charge is -2.08. The van der Waals surface area contributed by atoms with Crippen molar-refractivity contribution in [3.63, 3.8) is 0 Å². The third kappa shape index (κ3) is 4.26. The molecule has 1 N–H and O–H groups in total. The number of anilines is 1. The van der Waals surface area contributed by atoms with Gasteiger partial charge in [-0.05, 0) is 21.5 Å². The van der Waals surface area contributed by atoms with Gasteiger partial charge in [0.05, 0.1) is 11.6 Å². The maximum absolute atomic E-state index is 11.8. The minimum absolute atomic E-state index is 0.119. The predicted molar refractivity (Wildman–Crippen MR) is 81.3 cm³/mol. The van der Waals surface area contributed by atoms with E-state index in [1.54, 1.807) is 0 Å². The van der Waals surface area contributed by atoms with Gasteiger partial charge in [-0.25, -0.2) is 19.6 Å². The van der Waals surface area contributed by atoms with Crippen molar-refractivity contribution in [1.82, 2.24) is 9.97 Å². The molecule has 1 aromatic heterocycles. The monoisotopic (exact) mass is 365 g/mol. The van der Waals surface area contributed by atoms with Gasteiger partial charge in [-0.1, -0.05) is 30.3 Å². The highest BCUT2D eigenvalue weighted by Crippen LogP contribution is 2.19. The van der Waals surface area contributed by atoms with Crippen LogP contribution < -0.4 is 5.32 Å². The Kier molecular flexibility index (Phi) is 5.42. The average molecular weight is 366 g/mol. The fourth-order valence-corrected chi connectivity index (χ4v) is 1.79. The predicted octanol–water partition coefficient (Wildman–Crippen LogP) is 2.77. The van der Waals surface area contributed by atoms with Crippen LogP contribution in [0.2, 0.25) is 0 Å². The number of halogens is 1. The largest absolute Gasteiger partial charge is 0.463 e. The first-order chi connectivity index (χ1) is 10.6. The third-order valence-electron chi connectivity index (χ3n) is 2.55. The Morgan fingerprint density at radius 2 is 2.00 bits per heavy atom. The summed E-state index contributed by atoms with van der Waals surface area (Å²) < 4.78 is 10.00. The Bertz CT molecular complexity index is 679. The van der Waals surface area contributed by atoms with E-state index in [0.29, 0.717) is 4.47 Å². The van der Waals surface area contributed by atoms with E-state index in [4.69, 9.17) is 4.74 Å². The molecule has 1 heterocycles. The van der Waals surface area contributed by atoms with Gasteiger partial charge in [0.2, 0.25) is 5.82 Å². The van der Waals surface area contributed by atoms with Gasteiger partial charge < -0.3 is 9.47 Å². The Hall–Kier alpha value is -2.48. The minimum atomic E-state index is -0.701. The van der Waals surface area contributed by atoms with E-state index in [2.05, 4.69) is 36.0 Å². The number of aromatic nitrogens is 2. The van der Waals surface area contributed by atoms with Gasteiger partial charge in [0.15, 0.2) is 5.82 Å². The van der Waals surface area contributed by atoms with Gasteiger partial charge in [-0.2, -0.15) is 0 Å². The Balaban J connectivity index is 2.00. The van der Waals surface area contributed by atoms with Crippen LogP contribution in [-0.4, -0.2) is 29.1 Å². The van der Waals surface area contributed by atoms with Crippen LogP contribution >= 0.6 is 15.9 Å². The number of carbonyl (C=O) groups is 2. The highest BCUT2D eigenvalue weighted by Gasteiger charge is 2.14. The molecule has 2 aromatic rings. The van der Waals surface area contributed by atoms with E-state index >= 15 is 0 Å². The summed E-state index contributed by atoms with van der Waals surface area (Å²) >= 11 is 3.18. The molecular formula is C14H12BrN3O4. The van der Waals surface area contributed by atoms with Crippen molar-refractivity contribution in [2.75, 3.05) is 12.4 Å². The number of amides is 1. The maximum Gasteiger partial charge on any atom is 0.413 e. The Morgan fingerprint density at radius 1 is 1.27 bits per heavy atom. The van der Waals surface area contributed by atoms with Crippen LogP contribution in [0.4, 0.5) is 10.6 Å². The smallest absolute Gasteiger partial charge is 0.413 e. The van der Waals surface area contributed by atoms with Crippen molar-refractivity contribution >= 4 is 33.8 Å². The number of methoxy groups -OCH3 is 1. The topological polar surface area (TPSA) is 90.4 Å². The lowest BCUT2D eigenvalue weighted by molar-refractivity contribution is 0.0586. The van der Waals surface area contributed by atoms with Crippen molar-refractivity contribution in [1.29, 1.82) is 0 Å². The van der Waals surface area contributed by atoms with Crippen LogP contribution in [0.25, 0.3) is 0 Å². The molecule has 0 aliphatic heterocycles. The van der Waals surface area contributed by atoms with Crippen LogP contribution in [-0.2, 0) is 16.1 Å². The molecular weight excluding hydrogens is 354 g/mol.